The minimum absolute atomic E-state index is 0.201. The highest BCUT2D eigenvalue weighted by Crippen LogP contribution is 2.33. The van der Waals surface area contributed by atoms with Crippen LogP contribution < -0.4 is 5.32 Å². The van der Waals surface area contributed by atoms with Crippen molar-refractivity contribution in [1.82, 2.24) is 5.32 Å². The standard InChI is InChI=1S/C77H125NO18/c1-3-5-7-9-11-13-15-17-18-19-20-21-22-23-24-25-26-27-28-29-30-31-32-33-34-35-36-37-38-39-40-41-42-43-45-47-49-51-53-55-65(83)78-60(61(82)54-52-50-48-46-44-16-14-12-10-8-6-4-2)59-91-75-71(89)68(86)73(63(57-80)93-75)96-77-72(90)69(87)74(64(58-81)94-77)95-76-70(88)67(85)66(84)62(56-79)92-76/h5,7,11,13,17-18,20-21,23-24,26-27,29-30,32-33,35-36,38-39,41-42,45,47,60-64,66-77,79-82,84-90H,3-4,6,8-10,12,14-16,19,22,25,28,31,34,37,40,43-44,46,48-59H2,1-2H3,(H,78,83)/b7-5-,13-11-,18-17-,21-20-,24-23-,27-26-,30-29-,33-32-,36-35-,39-38-,42-41-,47-45-. The lowest BCUT2D eigenvalue weighted by Gasteiger charge is -2.48. The number of hydrogen-bond acceptors (Lipinski definition) is 18. The van der Waals surface area contributed by atoms with E-state index in [4.69, 9.17) is 28.4 Å². The number of ether oxygens (including phenoxy) is 6. The van der Waals surface area contributed by atoms with Crippen LogP contribution in [0.5, 0.6) is 0 Å². The highest BCUT2D eigenvalue weighted by atomic mass is 16.8. The summed E-state index contributed by atoms with van der Waals surface area (Å²) >= 11 is 0. The number of unbranched alkanes of at least 4 members (excludes halogenated alkanes) is 13. The predicted molar refractivity (Wildman–Crippen MR) is 378 cm³/mol. The van der Waals surface area contributed by atoms with Crippen molar-refractivity contribution in [3.8, 4) is 0 Å². The quantitative estimate of drug-likeness (QED) is 0.0199. The van der Waals surface area contributed by atoms with E-state index < -0.39 is 124 Å². The molecule has 19 heteroatoms. The fraction of sp³-hybridized carbons (Fsp3) is 0.675. The first-order valence-electron chi connectivity index (χ1n) is 36.1. The molecule has 1 amide bonds. The molecule has 0 radical (unpaired) electrons. The Bertz CT molecular complexity index is 2310. The molecule has 12 N–H and O–H groups in total. The predicted octanol–water partition coefficient (Wildman–Crippen LogP) is 10.3. The maximum atomic E-state index is 13.4. The van der Waals surface area contributed by atoms with Gasteiger partial charge in [0.2, 0.25) is 5.91 Å². The second kappa shape index (κ2) is 56.4. The average Bonchev–Trinajstić information content (AvgIpc) is 0.787. The van der Waals surface area contributed by atoms with E-state index in [9.17, 15) is 61.0 Å². The Balaban J connectivity index is 1.36. The molecule has 0 aromatic heterocycles. The summed E-state index contributed by atoms with van der Waals surface area (Å²) in [6.07, 6.45) is 53.7. The van der Waals surface area contributed by atoms with Gasteiger partial charge in [-0.25, -0.2) is 0 Å². The molecule has 96 heavy (non-hydrogen) atoms. The van der Waals surface area contributed by atoms with Gasteiger partial charge in [0.1, 0.15) is 73.2 Å². The van der Waals surface area contributed by atoms with Crippen LogP contribution in [-0.2, 0) is 33.2 Å². The minimum atomic E-state index is -1.98. The smallest absolute Gasteiger partial charge is 0.220 e. The summed E-state index contributed by atoms with van der Waals surface area (Å²) in [5.74, 6) is -0.293. The molecule has 0 aliphatic carbocycles. The van der Waals surface area contributed by atoms with Gasteiger partial charge in [0.05, 0.1) is 38.6 Å². The fourth-order valence-electron chi connectivity index (χ4n) is 11.1. The first kappa shape index (κ1) is 85.9. The van der Waals surface area contributed by atoms with Gasteiger partial charge in [-0.3, -0.25) is 4.79 Å². The highest BCUT2D eigenvalue weighted by molar-refractivity contribution is 5.76. The van der Waals surface area contributed by atoms with Crippen LogP contribution in [0.4, 0.5) is 0 Å². The number of nitrogens with one attached hydrogen (secondary N) is 1. The molecule has 0 aromatic carbocycles. The van der Waals surface area contributed by atoms with Gasteiger partial charge < -0.3 is 89.9 Å². The molecule has 3 saturated heterocycles. The van der Waals surface area contributed by atoms with Gasteiger partial charge in [-0.05, 0) is 103 Å². The number of amides is 1. The molecular weight excluding hydrogens is 1230 g/mol. The van der Waals surface area contributed by atoms with Crippen LogP contribution in [-0.4, -0.2) is 193 Å². The summed E-state index contributed by atoms with van der Waals surface area (Å²) in [7, 11) is 0. The molecule has 3 aliphatic heterocycles. The third-order valence-corrected chi connectivity index (χ3v) is 16.9. The summed E-state index contributed by atoms with van der Waals surface area (Å²) in [5.41, 5.74) is 0. The number of carbonyl (C=O) groups excluding carboxylic acids is 1. The Morgan fingerprint density at radius 2 is 0.719 bits per heavy atom. The number of allylic oxidation sites excluding steroid dienone is 24. The van der Waals surface area contributed by atoms with Crippen LogP contribution >= 0.6 is 0 Å². The fourth-order valence-corrected chi connectivity index (χ4v) is 11.1. The Kier molecular flexibility index (Phi) is 50.5. The van der Waals surface area contributed by atoms with Crippen molar-refractivity contribution < 1.29 is 89.4 Å². The monoisotopic (exact) mass is 1350 g/mol. The molecule has 17 atom stereocenters. The molecule has 3 heterocycles. The summed E-state index contributed by atoms with van der Waals surface area (Å²) in [6.45, 7) is 1.61. The molecule has 0 bridgehead atoms. The van der Waals surface area contributed by atoms with Gasteiger partial charge in [0.15, 0.2) is 18.9 Å². The molecule has 0 spiro atoms. The molecule has 3 fully saturated rings. The molecule has 0 saturated carbocycles. The van der Waals surface area contributed by atoms with Gasteiger partial charge in [0.25, 0.3) is 0 Å². The third-order valence-electron chi connectivity index (χ3n) is 16.9. The lowest BCUT2D eigenvalue weighted by atomic mass is 9.96. The summed E-state index contributed by atoms with van der Waals surface area (Å²) in [5, 5.41) is 120. The van der Waals surface area contributed by atoms with E-state index in [0.29, 0.717) is 19.3 Å². The lowest BCUT2D eigenvalue weighted by Crippen LogP contribution is -2.66. The number of aliphatic hydroxyl groups is 11. The highest BCUT2D eigenvalue weighted by Gasteiger charge is 2.53. The van der Waals surface area contributed by atoms with E-state index in [1.807, 2.05) is 0 Å². The zero-order chi connectivity index (χ0) is 69.6. The summed E-state index contributed by atoms with van der Waals surface area (Å²) < 4.78 is 34.3. The Morgan fingerprint density at radius 1 is 0.385 bits per heavy atom. The van der Waals surface area contributed by atoms with Crippen LogP contribution in [0, 0.1) is 0 Å². The molecule has 19 nitrogen and oxygen atoms in total. The maximum absolute atomic E-state index is 13.4. The zero-order valence-corrected chi connectivity index (χ0v) is 57.8. The van der Waals surface area contributed by atoms with Gasteiger partial charge in [0, 0.05) is 6.42 Å². The number of carbonyl (C=O) groups is 1. The van der Waals surface area contributed by atoms with Crippen LogP contribution in [0.3, 0.4) is 0 Å². The third kappa shape index (κ3) is 37.2. The number of aliphatic hydroxyl groups excluding tert-OH is 11. The number of hydrogen-bond donors (Lipinski definition) is 12. The van der Waals surface area contributed by atoms with Crippen molar-refractivity contribution in [2.24, 2.45) is 0 Å². The molecule has 3 aliphatic rings. The maximum Gasteiger partial charge on any atom is 0.220 e. The average molecular weight is 1350 g/mol. The molecule has 546 valence electrons. The van der Waals surface area contributed by atoms with Crippen LogP contribution in [0.15, 0.2) is 146 Å². The van der Waals surface area contributed by atoms with Crippen molar-refractivity contribution >= 4 is 5.91 Å². The second-order valence-electron chi connectivity index (χ2n) is 25.0. The van der Waals surface area contributed by atoms with Crippen molar-refractivity contribution in [1.29, 1.82) is 0 Å². The van der Waals surface area contributed by atoms with E-state index in [0.717, 1.165) is 109 Å². The van der Waals surface area contributed by atoms with Gasteiger partial charge >= 0.3 is 0 Å². The summed E-state index contributed by atoms with van der Waals surface area (Å²) in [4.78, 5) is 13.4. The summed E-state index contributed by atoms with van der Waals surface area (Å²) in [6, 6.07) is -0.921. The largest absolute Gasteiger partial charge is 0.394 e. The first-order chi connectivity index (χ1) is 46.8. The molecule has 0 aromatic rings. The van der Waals surface area contributed by atoms with Crippen molar-refractivity contribution in [3.05, 3.63) is 146 Å². The molecule has 3 rings (SSSR count). The van der Waals surface area contributed by atoms with Crippen molar-refractivity contribution in [3.63, 3.8) is 0 Å². The minimum Gasteiger partial charge on any atom is -0.394 e. The van der Waals surface area contributed by atoms with E-state index >= 15 is 0 Å². The topological polar surface area (TPSA) is 307 Å². The van der Waals surface area contributed by atoms with Gasteiger partial charge in [-0.2, -0.15) is 0 Å². The Labute approximate surface area is 574 Å². The normalized spacial score (nSPS) is 27.9. The zero-order valence-electron chi connectivity index (χ0n) is 57.8. The Hall–Kier alpha value is -4.33. The molecule has 17 unspecified atom stereocenters. The lowest BCUT2D eigenvalue weighted by molar-refractivity contribution is -0.379. The number of rotatable bonds is 53. The van der Waals surface area contributed by atoms with E-state index in [1.54, 1.807) is 0 Å². The van der Waals surface area contributed by atoms with Crippen LogP contribution in [0.25, 0.3) is 0 Å². The van der Waals surface area contributed by atoms with Gasteiger partial charge in [-0.15, -0.1) is 0 Å². The van der Waals surface area contributed by atoms with Crippen LogP contribution in [0.2, 0.25) is 0 Å². The van der Waals surface area contributed by atoms with E-state index in [1.165, 1.54) is 51.4 Å². The SMILES string of the molecule is CC/C=C\C/C=C\C/C=C\C/C=C\C/C=C\C/C=C\C/C=C\C/C=C\C/C=C\C/C=C\C/C=C\C/C=C\CCCCC(=O)NC(COC1OC(CO)C(OC2OC(CO)C(OC3OC(CO)C(O)C(O)C3O)C(O)C2O)C(O)C1O)C(O)CCCCCCCCCCCCCC. The van der Waals surface area contributed by atoms with Crippen LogP contribution in [0.1, 0.15) is 200 Å². The second-order valence-corrected chi connectivity index (χ2v) is 25.0. The van der Waals surface area contributed by atoms with Crippen molar-refractivity contribution in [2.75, 3.05) is 26.4 Å². The first-order valence-corrected chi connectivity index (χ1v) is 36.1. The Morgan fingerprint density at radius 3 is 1.10 bits per heavy atom. The molecular formula is C77H125NO18. The van der Waals surface area contributed by atoms with E-state index in [-0.39, 0.29) is 18.9 Å². The van der Waals surface area contributed by atoms with Crippen molar-refractivity contribution in [2.45, 2.75) is 304 Å². The van der Waals surface area contributed by atoms with E-state index in [2.05, 4.69) is 165 Å². The van der Waals surface area contributed by atoms with Gasteiger partial charge in [-0.1, -0.05) is 237 Å².